The minimum Gasteiger partial charge on any atom is -0.475 e. The summed E-state index contributed by atoms with van der Waals surface area (Å²) in [5.41, 5.74) is 0. The van der Waals surface area contributed by atoms with E-state index in [1.165, 1.54) is 0 Å². The van der Waals surface area contributed by atoms with Gasteiger partial charge in [0, 0.05) is 5.92 Å². The van der Waals surface area contributed by atoms with Crippen LogP contribution in [0.3, 0.4) is 0 Å². The van der Waals surface area contributed by atoms with Crippen LogP contribution in [-0.2, 0) is 9.59 Å². The lowest BCUT2D eigenvalue weighted by Gasteiger charge is -2.00. The highest BCUT2D eigenvalue weighted by Crippen LogP contribution is 2.25. The SMILES string of the molecule is O.O=C(O)C(=O)C1CCCC1. The van der Waals surface area contributed by atoms with Crippen LogP contribution in [0.15, 0.2) is 0 Å². The molecule has 0 saturated heterocycles. The molecule has 1 saturated carbocycles. The Hall–Kier alpha value is -0.900. The van der Waals surface area contributed by atoms with Gasteiger partial charge >= 0.3 is 5.97 Å². The van der Waals surface area contributed by atoms with Gasteiger partial charge in [-0.2, -0.15) is 0 Å². The van der Waals surface area contributed by atoms with E-state index in [4.69, 9.17) is 5.11 Å². The van der Waals surface area contributed by atoms with Crippen molar-refractivity contribution < 1.29 is 20.2 Å². The van der Waals surface area contributed by atoms with Crippen LogP contribution in [0, 0.1) is 5.92 Å². The first kappa shape index (κ1) is 10.1. The lowest BCUT2D eigenvalue weighted by atomic mass is 10.0. The maximum Gasteiger partial charge on any atom is 0.372 e. The zero-order chi connectivity index (χ0) is 7.56. The molecule has 4 nitrogen and oxygen atoms in total. The summed E-state index contributed by atoms with van der Waals surface area (Å²) in [5, 5.41) is 8.29. The van der Waals surface area contributed by atoms with Crippen molar-refractivity contribution >= 4 is 11.8 Å². The molecule has 0 radical (unpaired) electrons. The molecular formula is C7H12O4. The average Bonchev–Trinajstić information content (AvgIpc) is 2.36. The standard InChI is InChI=1S/C7H10O3.H2O/c8-6(7(9)10)5-3-1-2-4-5;/h5H,1-4H2,(H,9,10);1H2. The zero-order valence-corrected chi connectivity index (χ0v) is 6.17. The van der Waals surface area contributed by atoms with Gasteiger partial charge in [-0.1, -0.05) is 12.8 Å². The summed E-state index contributed by atoms with van der Waals surface area (Å²) in [4.78, 5) is 20.9. The topological polar surface area (TPSA) is 85.9 Å². The molecule has 4 heteroatoms. The van der Waals surface area contributed by atoms with E-state index in [1.54, 1.807) is 0 Å². The summed E-state index contributed by atoms with van der Waals surface area (Å²) in [5.74, 6) is -2.05. The lowest BCUT2D eigenvalue weighted by molar-refractivity contribution is -0.151. The number of carboxylic acids is 1. The first-order chi connectivity index (χ1) is 4.72. The highest BCUT2D eigenvalue weighted by Gasteiger charge is 2.27. The van der Waals surface area contributed by atoms with E-state index in [9.17, 15) is 9.59 Å². The van der Waals surface area contributed by atoms with Gasteiger partial charge in [-0.25, -0.2) is 4.79 Å². The van der Waals surface area contributed by atoms with Gasteiger partial charge in [0.2, 0.25) is 5.78 Å². The number of Topliss-reactive ketones (excluding diaryl/α,β-unsaturated/α-hetero) is 1. The summed E-state index contributed by atoms with van der Waals surface area (Å²) in [6, 6.07) is 0. The number of carbonyl (C=O) groups is 2. The molecule has 0 aromatic heterocycles. The minimum atomic E-state index is -1.27. The molecule has 0 unspecified atom stereocenters. The monoisotopic (exact) mass is 160 g/mol. The fourth-order valence-corrected chi connectivity index (χ4v) is 1.36. The Kier molecular flexibility index (Phi) is 3.74. The predicted molar refractivity (Wildman–Crippen MR) is 38.2 cm³/mol. The maximum absolute atomic E-state index is 10.7. The van der Waals surface area contributed by atoms with Gasteiger partial charge in [0.25, 0.3) is 0 Å². The molecule has 64 valence electrons. The maximum atomic E-state index is 10.7. The van der Waals surface area contributed by atoms with E-state index in [-0.39, 0.29) is 11.4 Å². The van der Waals surface area contributed by atoms with Crippen molar-refractivity contribution in [2.24, 2.45) is 5.92 Å². The molecule has 1 rings (SSSR count). The molecule has 0 aromatic carbocycles. The van der Waals surface area contributed by atoms with Crippen molar-refractivity contribution in [2.75, 3.05) is 0 Å². The predicted octanol–water partition coefficient (Wildman–Crippen LogP) is 0.00560. The summed E-state index contributed by atoms with van der Waals surface area (Å²) in [6.07, 6.45) is 3.55. The third kappa shape index (κ3) is 2.31. The van der Waals surface area contributed by atoms with Gasteiger partial charge in [-0.15, -0.1) is 0 Å². The average molecular weight is 160 g/mol. The van der Waals surface area contributed by atoms with E-state index in [0.29, 0.717) is 0 Å². The van der Waals surface area contributed by atoms with Gasteiger partial charge in [-0.3, -0.25) is 4.79 Å². The first-order valence-corrected chi connectivity index (χ1v) is 3.49. The van der Waals surface area contributed by atoms with Gasteiger partial charge in [0.1, 0.15) is 0 Å². The number of rotatable bonds is 2. The molecule has 0 spiro atoms. The van der Waals surface area contributed by atoms with Crippen LogP contribution in [0.4, 0.5) is 0 Å². The molecule has 11 heavy (non-hydrogen) atoms. The fourth-order valence-electron chi connectivity index (χ4n) is 1.36. The molecule has 1 aliphatic carbocycles. The summed E-state index contributed by atoms with van der Waals surface area (Å²) in [6.45, 7) is 0. The fraction of sp³-hybridized carbons (Fsp3) is 0.714. The molecule has 1 aliphatic rings. The number of hydrogen-bond donors (Lipinski definition) is 1. The Labute approximate surface area is 64.5 Å². The lowest BCUT2D eigenvalue weighted by Crippen LogP contribution is -2.20. The Morgan fingerprint density at radius 2 is 1.64 bits per heavy atom. The van der Waals surface area contributed by atoms with Gasteiger partial charge in [-0.05, 0) is 12.8 Å². The molecule has 0 atom stereocenters. The smallest absolute Gasteiger partial charge is 0.372 e. The molecule has 0 aromatic rings. The van der Waals surface area contributed by atoms with Crippen molar-refractivity contribution in [3.63, 3.8) is 0 Å². The number of carboxylic acid groups (broad SMARTS) is 1. The van der Waals surface area contributed by atoms with Crippen molar-refractivity contribution in [1.82, 2.24) is 0 Å². The minimum absolute atomic E-state index is 0. The Morgan fingerprint density at radius 1 is 1.18 bits per heavy atom. The van der Waals surface area contributed by atoms with E-state index >= 15 is 0 Å². The quantitative estimate of drug-likeness (QED) is 0.577. The second kappa shape index (κ2) is 4.08. The Balaban J connectivity index is 0.000001000. The van der Waals surface area contributed by atoms with Crippen LogP contribution in [-0.4, -0.2) is 22.3 Å². The molecule has 1 fully saturated rings. The van der Waals surface area contributed by atoms with Crippen molar-refractivity contribution in [2.45, 2.75) is 25.7 Å². The van der Waals surface area contributed by atoms with Gasteiger partial charge in [0.05, 0.1) is 0 Å². The van der Waals surface area contributed by atoms with Gasteiger partial charge < -0.3 is 10.6 Å². The van der Waals surface area contributed by atoms with Crippen LogP contribution in [0.1, 0.15) is 25.7 Å². The molecular weight excluding hydrogens is 148 g/mol. The molecule has 0 aliphatic heterocycles. The molecule has 0 heterocycles. The molecule has 0 bridgehead atoms. The zero-order valence-electron chi connectivity index (χ0n) is 6.17. The summed E-state index contributed by atoms with van der Waals surface area (Å²) < 4.78 is 0. The molecule has 3 N–H and O–H groups in total. The van der Waals surface area contributed by atoms with Crippen LogP contribution in [0.2, 0.25) is 0 Å². The third-order valence-electron chi connectivity index (χ3n) is 1.94. The van der Waals surface area contributed by atoms with Crippen molar-refractivity contribution in [1.29, 1.82) is 0 Å². The van der Waals surface area contributed by atoms with E-state index < -0.39 is 11.8 Å². The largest absolute Gasteiger partial charge is 0.475 e. The number of aliphatic carboxylic acids is 1. The van der Waals surface area contributed by atoms with Crippen LogP contribution in [0.5, 0.6) is 0 Å². The van der Waals surface area contributed by atoms with Crippen LogP contribution in [0.25, 0.3) is 0 Å². The second-order valence-electron chi connectivity index (χ2n) is 2.65. The second-order valence-corrected chi connectivity index (χ2v) is 2.65. The Bertz CT molecular complexity index is 158. The number of carbonyl (C=O) groups excluding carboxylic acids is 1. The highest BCUT2D eigenvalue weighted by molar-refractivity contribution is 6.33. The van der Waals surface area contributed by atoms with Crippen LogP contribution < -0.4 is 0 Å². The van der Waals surface area contributed by atoms with Crippen molar-refractivity contribution in [3.8, 4) is 0 Å². The number of hydrogen-bond acceptors (Lipinski definition) is 2. The normalized spacial score (nSPS) is 17.5. The highest BCUT2D eigenvalue weighted by atomic mass is 16.4. The first-order valence-electron chi connectivity index (χ1n) is 3.49. The van der Waals surface area contributed by atoms with E-state index in [2.05, 4.69) is 0 Å². The molecule has 0 amide bonds. The van der Waals surface area contributed by atoms with E-state index in [1.807, 2.05) is 0 Å². The van der Waals surface area contributed by atoms with Gasteiger partial charge in [0.15, 0.2) is 0 Å². The van der Waals surface area contributed by atoms with Crippen LogP contribution >= 0.6 is 0 Å². The third-order valence-corrected chi connectivity index (χ3v) is 1.94. The Morgan fingerprint density at radius 3 is 2.00 bits per heavy atom. The van der Waals surface area contributed by atoms with E-state index in [0.717, 1.165) is 25.7 Å². The summed E-state index contributed by atoms with van der Waals surface area (Å²) in [7, 11) is 0. The summed E-state index contributed by atoms with van der Waals surface area (Å²) >= 11 is 0. The number of ketones is 1. The van der Waals surface area contributed by atoms with Crippen molar-refractivity contribution in [3.05, 3.63) is 0 Å².